The summed E-state index contributed by atoms with van der Waals surface area (Å²) in [4.78, 5) is 3.38. The smallest absolute Gasteiger partial charge is 0.0464 e. The van der Waals surface area contributed by atoms with E-state index >= 15 is 0 Å². The van der Waals surface area contributed by atoms with Gasteiger partial charge in [-0.25, -0.2) is 0 Å². The molecule has 0 aliphatic heterocycles. The number of para-hydroxylation sites is 2. The van der Waals surface area contributed by atoms with Gasteiger partial charge in [0.1, 0.15) is 0 Å². The van der Waals surface area contributed by atoms with E-state index in [1.807, 2.05) is 0 Å². The van der Waals surface area contributed by atoms with Crippen molar-refractivity contribution < 1.29 is 5.11 Å². The molecule has 0 atom stereocenters. The van der Waals surface area contributed by atoms with Gasteiger partial charge in [-0.15, -0.1) is 0 Å². The SMILES string of the molecule is CCO.c1ccc2c(c1)[nH]c1ccccc12. The van der Waals surface area contributed by atoms with Crippen LogP contribution < -0.4 is 0 Å². The Morgan fingerprint density at radius 3 is 1.69 bits per heavy atom. The molecule has 1 heterocycles. The predicted octanol–water partition coefficient (Wildman–Crippen LogP) is 3.32. The average molecular weight is 213 g/mol. The molecule has 2 aromatic carbocycles. The summed E-state index contributed by atoms with van der Waals surface area (Å²) in [5, 5.41) is 10.2. The molecule has 3 aromatic rings. The second kappa shape index (κ2) is 4.81. The first-order chi connectivity index (χ1) is 7.86. The second-order valence-electron chi connectivity index (χ2n) is 3.53. The monoisotopic (exact) mass is 213 g/mol. The van der Waals surface area contributed by atoms with Crippen molar-refractivity contribution in [1.82, 2.24) is 4.98 Å². The zero-order valence-corrected chi connectivity index (χ0v) is 9.27. The zero-order chi connectivity index (χ0) is 11.4. The first kappa shape index (κ1) is 10.7. The number of hydrogen-bond donors (Lipinski definition) is 2. The van der Waals surface area contributed by atoms with E-state index in [2.05, 4.69) is 53.5 Å². The summed E-state index contributed by atoms with van der Waals surface area (Å²) < 4.78 is 0. The van der Waals surface area contributed by atoms with Gasteiger partial charge < -0.3 is 10.1 Å². The molecule has 2 N–H and O–H groups in total. The van der Waals surface area contributed by atoms with Gasteiger partial charge in [-0.05, 0) is 19.1 Å². The highest BCUT2D eigenvalue weighted by Crippen LogP contribution is 2.24. The summed E-state index contributed by atoms with van der Waals surface area (Å²) in [6.07, 6.45) is 0. The first-order valence-corrected chi connectivity index (χ1v) is 5.43. The number of aromatic nitrogens is 1. The number of rotatable bonds is 0. The molecule has 0 spiro atoms. The van der Waals surface area contributed by atoms with Crippen molar-refractivity contribution in [2.24, 2.45) is 0 Å². The molecule has 0 aliphatic carbocycles. The van der Waals surface area contributed by atoms with Crippen molar-refractivity contribution in [2.45, 2.75) is 6.92 Å². The highest BCUT2D eigenvalue weighted by molar-refractivity contribution is 6.06. The Morgan fingerprint density at radius 2 is 1.25 bits per heavy atom. The molecule has 1 aromatic heterocycles. The Kier molecular flexibility index (Phi) is 3.22. The standard InChI is InChI=1S/C12H9N.C2H6O/c1-3-7-11-9(5-1)10-6-2-4-8-12(10)13-11;1-2-3/h1-8,13H;3H,2H2,1H3. The second-order valence-corrected chi connectivity index (χ2v) is 3.53. The van der Waals surface area contributed by atoms with Gasteiger partial charge in [0, 0.05) is 28.4 Å². The highest BCUT2D eigenvalue weighted by Gasteiger charge is 2.00. The van der Waals surface area contributed by atoms with Crippen molar-refractivity contribution in [3.05, 3.63) is 48.5 Å². The van der Waals surface area contributed by atoms with Crippen LogP contribution in [0.3, 0.4) is 0 Å². The van der Waals surface area contributed by atoms with E-state index in [1.165, 1.54) is 21.8 Å². The van der Waals surface area contributed by atoms with Gasteiger partial charge >= 0.3 is 0 Å². The van der Waals surface area contributed by atoms with Crippen LogP contribution in [0.15, 0.2) is 48.5 Å². The van der Waals surface area contributed by atoms with E-state index in [9.17, 15) is 0 Å². The van der Waals surface area contributed by atoms with Crippen molar-refractivity contribution in [1.29, 1.82) is 0 Å². The van der Waals surface area contributed by atoms with Crippen LogP contribution in [0.1, 0.15) is 6.92 Å². The molecule has 16 heavy (non-hydrogen) atoms. The largest absolute Gasteiger partial charge is 0.397 e. The topological polar surface area (TPSA) is 36.0 Å². The van der Waals surface area contributed by atoms with Crippen molar-refractivity contribution in [2.75, 3.05) is 6.61 Å². The minimum absolute atomic E-state index is 0.250. The van der Waals surface area contributed by atoms with Gasteiger partial charge in [0.25, 0.3) is 0 Å². The van der Waals surface area contributed by atoms with E-state index < -0.39 is 0 Å². The fourth-order valence-corrected chi connectivity index (χ4v) is 1.80. The fraction of sp³-hybridized carbons (Fsp3) is 0.143. The Balaban J connectivity index is 0.000000292. The maximum absolute atomic E-state index is 7.57. The van der Waals surface area contributed by atoms with Gasteiger partial charge in [0.05, 0.1) is 0 Å². The van der Waals surface area contributed by atoms with Gasteiger partial charge in [0.2, 0.25) is 0 Å². The van der Waals surface area contributed by atoms with Gasteiger partial charge in [-0.1, -0.05) is 36.4 Å². The van der Waals surface area contributed by atoms with Crippen LogP contribution in [0.2, 0.25) is 0 Å². The lowest BCUT2D eigenvalue weighted by Gasteiger charge is -1.87. The lowest BCUT2D eigenvalue weighted by Crippen LogP contribution is -1.62. The zero-order valence-electron chi connectivity index (χ0n) is 9.27. The molecule has 0 amide bonds. The predicted molar refractivity (Wildman–Crippen MR) is 68.6 cm³/mol. The molecule has 82 valence electrons. The first-order valence-electron chi connectivity index (χ1n) is 5.43. The number of hydrogen-bond acceptors (Lipinski definition) is 1. The number of aliphatic hydroxyl groups is 1. The lowest BCUT2D eigenvalue weighted by atomic mass is 10.2. The summed E-state index contributed by atoms with van der Waals surface area (Å²) in [6, 6.07) is 16.8. The molecular weight excluding hydrogens is 198 g/mol. The Bertz CT molecular complexity index is 533. The Hall–Kier alpha value is -1.80. The molecule has 0 radical (unpaired) electrons. The van der Waals surface area contributed by atoms with Crippen LogP contribution in [0, 0.1) is 0 Å². The van der Waals surface area contributed by atoms with E-state index in [1.54, 1.807) is 6.92 Å². The van der Waals surface area contributed by atoms with Crippen LogP contribution in [-0.4, -0.2) is 16.7 Å². The fourth-order valence-electron chi connectivity index (χ4n) is 1.80. The minimum Gasteiger partial charge on any atom is -0.397 e. The summed E-state index contributed by atoms with van der Waals surface area (Å²) >= 11 is 0. The molecule has 3 rings (SSSR count). The molecular formula is C14H15NO. The van der Waals surface area contributed by atoms with Crippen LogP contribution in [0.5, 0.6) is 0 Å². The Morgan fingerprint density at radius 1 is 0.875 bits per heavy atom. The maximum atomic E-state index is 7.57. The van der Waals surface area contributed by atoms with Gasteiger partial charge in [-0.3, -0.25) is 0 Å². The third-order valence-corrected chi connectivity index (χ3v) is 2.41. The minimum atomic E-state index is 0.250. The highest BCUT2D eigenvalue weighted by atomic mass is 16.2. The van der Waals surface area contributed by atoms with Gasteiger partial charge in [0.15, 0.2) is 0 Å². The summed E-state index contributed by atoms with van der Waals surface area (Å²) in [7, 11) is 0. The Labute approximate surface area is 94.5 Å². The maximum Gasteiger partial charge on any atom is 0.0464 e. The summed E-state index contributed by atoms with van der Waals surface area (Å²) in [6.45, 7) is 1.93. The third-order valence-electron chi connectivity index (χ3n) is 2.41. The number of fused-ring (bicyclic) bond motifs is 3. The molecule has 0 saturated carbocycles. The molecule has 2 heteroatoms. The van der Waals surface area contributed by atoms with Crippen LogP contribution in [0.25, 0.3) is 21.8 Å². The van der Waals surface area contributed by atoms with E-state index in [4.69, 9.17) is 5.11 Å². The van der Waals surface area contributed by atoms with Crippen molar-refractivity contribution in [3.8, 4) is 0 Å². The van der Waals surface area contributed by atoms with Crippen LogP contribution in [0.4, 0.5) is 0 Å². The molecule has 0 aliphatic rings. The number of nitrogens with one attached hydrogen (secondary N) is 1. The van der Waals surface area contributed by atoms with E-state index in [0.717, 1.165) is 0 Å². The van der Waals surface area contributed by atoms with Crippen LogP contribution >= 0.6 is 0 Å². The number of aromatic amines is 1. The van der Waals surface area contributed by atoms with Crippen LogP contribution in [-0.2, 0) is 0 Å². The molecule has 0 saturated heterocycles. The van der Waals surface area contributed by atoms with E-state index in [-0.39, 0.29) is 6.61 Å². The van der Waals surface area contributed by atoms with E-state index in [0.29, 0.717) is 0 Å². The number of benzene rings is 2. The molecule has 0 bridgehead atoms. The molecule has 0 unspecified atom stereocenters. The number of aliphatic hydroxyl groups excluding tert-OH is 1. The normalized spacial score (nSPS) is 10.1. The third kappa shape index (κ3) is 1.92. The average Bonchev–Trinajstić information content (AvgIpc) is 2.68. The summed E-state index contributed by atoms with van der Waals surface area (Å²) in [5.74, 6) is 0. The molecule has 0 fully saturated rings. The summed E-state index contributed by atoms with van der Waals surface area (Å²) in [5.41, 5.74) is 2.42. The quantitative estimate of drug-likeness (QED) is 0.590. The molecule has 2 nitrogen and oxygen atoms in total. The number of H-pyrrole nitrogens is 1. The lowest BCUT2D eigenvalue weighted by molar-refractivity contribution is 0.318. The van der Waals surface area contributed by atoms with Crippen molar-refractivity contribution in [3.63, 3.8) is 0 Å². The van der Waals surface area contributed by atoms with Crippen molar-refractivity contribution >= 4 is 21.8 Å². The van der Waals surface area contributed by atoms with Gasteiger partial charge in [-0.2, -0.15) is 0 Å².